The summed E-state index contributed by atoms with van der Waals surface area (Å²) in [6, 6.07) is 18.2. The van der Waals surface area contributed by atoms with E-state index in [-0.39, 0.29) is 35.3 Å². The van der Waals surface area contributed by atoms with Crippen LogP contribution in [0.4, 0.5) is 5.82 Å². The fraction of sp³-hybridized carbons (Fsp3) is 0.241. The number of piperidine rings is 1. The van der Waals surface area contributed by atoms with Crippen LogP contribution in [0.2, 0.25) is 0 Å². The average Bonchev–Trinajstić information content (AvgIpc) is 2.91. The lowest BCUT2D eigenvalue weighted by Crippen LogP contribution is -2.44. The Balaban J connectivity index is 1.45. The van der Waals surface area contributed by atoms with Crippen LogP contribution in [0.15, 0.2) is 76.1 Å². The van der Waals surface area contributed by atoms with Crippen molar-refractivity contribution in [3.8, 4) is 11.3 Å². The van der Waals surface area contributed by atoms with Crippen molar-refractivity contribution in [3.05, 3.63) is 93.8 Å². The normalized spacial score (nSPS) is 15.6. The molecular formula is C29H27N3O4. The van der Waals surface area contributed by atoms with Gasteiger partial charge in [-0.3, -0.25) is 14.4 Å². The molecule has 36 heavy (non-hydrogen) atoms. The zero-order valence-electron chi connectivity index (χ0n) is 20.3. The standard InChI is InChI=1S/C29H27N3O4/c1-18-9-7-15-30-27(18)31-28(34)21-12-8-16-32(17-21)29(35)23-14-6-13-22-24(33)19(2)25(36-26(22)23)20-10-4-3-5-11-20/h3-7,9-11,13-15,21H,8,12,16-17H2,1-2H3,(H,30,31,34). The molecule has 7 heteroatoms. The monoisotopic (exact) mass is 481 g/mol. The summed E-state index contributed by atoms with van der Waals surface area (Å²) in [6.07, 6.45) is 3.02. The Morgan fingerprint density at radius 2 is 1.83 bits per heavy atom. The van der Waals surface area contributed by atoms with Crippen molar-refractivity contribution < 1.29 is 14.0 Å². The number of para-hydroxylation sites is 1. The number of aryl methyl sites for hydroxylation is 1. The van der Waals surface area contributed by atoms with Gasteiger partial charge in [-0.05, 0) is 50.5 Å². The molecule has 2 aromatic carbocycles. The maximum Gasteiger partial charge on any atom is 0.257 e. The minimum absolute atomic E-state index is 0.152. The molecule has 2 aromatic heterocycles. The summed E-state index contributed by atoms with van der Waals surface area (Å²) in [5, 5.41) is 3.27. The first-order valence-corrected chi connectivity index (χ1v) is 12.1. The molecule has 1 atom stereocenters. The van der Waals surface area contributed by atoms with Crippen LogP contribution < -0.4 is 10.7 Å². The SMILES string of the molecule is Cc1cccnc1NC(=O)C1CCCN(C(=O)c2cccc3c(=O)c(C)c(-c4ccccc4)oc23)C1. The number of likely N-dealkylation sites (tertiary alicyclic amines) is 1. The Morgan fingerprint density at radius 3 is 2.61 bits per heavy atom. The summed E-state index contributed by atoms with van der Waals surface area (Å²) in [6.45, 7) is 4.44. The van der Waals surface area contributed by atoms with Gasteiger partial charge in [0.1, 0.15) is 11.6 Å². The molecule has 0 saturated carbocycles. The number of hydrogen-bond donors (Lipinski definition) is 1. The van der Waals surface area contributed by atoms with E-state index >= 15 is 0 Å². The number of fused-ring (bicyclic) bond motifs is 1. The number of aromatic nitrogens is 1. The van der Waals surface area contributed by atoms with Gasteiger partial charge in [-0.1, -0.05) is 42.5 Å². The molecule has 2 amide bonds. The van der Waals surface area contributed by atoms with Gasteiger partial charge in [0.25, 0.3) is 5.91 Å². The Labute approximate surface area is 208 Å². The number of carbonyl (C=O) groups excluding carboxylic acids is 2. The quantitative estimate of drug-likeness (QED) is 0.445. The minimum atomic E-state index is -0.354. The van der Waals surface area contributed by atoms with Crippen molar-refractivity contribution in [2.75, 3.05) is 18.4 Å². The summed E-state index contributed by atoms with van der Waals surface area (Å²) in [4.78, 5) is 45.7. The second-order valence-electron chi connectivity index (χ2n) is 9.18. The minimum Gasteiger partial charge on any atom is -0.455 e. The van der Waals surface area contributed by atoms with Gasteiger partial charge in [-0.2, -0.15) is 0 Å². The topological polar surface area (TPSA) is 92.5 Å². The Kier molecular flexibility index (Phi) is 6.38. The van der Waals surface area contributed by atoms with Crippen LogP contribution in [0.1, 0.15) is 34.3 Å². The molecule has 1 aliphatic heterocycles. The van der Waals surface area contributed by atoms with E-state index in [0.717, 1.165) is 11.1 Å². The van der Waals surface area contributed by atoms with Gasteiger partial charge >= 0.3 is 0 Å². The van der Waals surface area contributed by atoms with E-state index in [0.29, 0.717) is 47.5 Å². The number of nitrogens with zero attached hydrogens (tertiary/aromatic N) is 2. The number of hydrogen-bond acceptors (Lipinski definition) is 5. The number of nitrogens with one attached hydrogen (secondary N) is 1. The Morgan fingerprint density at radius 1 is 1.03 bits per heavy atom. The summed E-state index contributed by atoms with van der Waals surface area (Å²) in [5.74, 6) is 0.229. The second kappa shape index (κ2) is 9.77. The van der Waals surface area contributed by atoms with E-state index in [4.69, 9.17) is 4.42 Å². The van der Waals surface area contributed by atoms with Crippen molar-refractivity contribution in [3.63, 3.8) is 0 Å². The first-order valence-electron chi connectivity index (χ1n) is 12.1. The van der Waals surface area contributed by atoms with Gasteiger partial charge in [-0.15, -0.1) is 0 Å². The molecule has 0 bridgehead atoms. The third-order valence-electron chi connectivity index (χ3n) is 6.74. The highest BCUT2D eigenvalue weighted by Gasteiger charge is 2.31. The van der Waals surface area contributed by atoms with Crippen molar-refractivity contribution in [1.29, 1.82) is 0 Å². The van der Waals surface area contributed by atoms with Crippen LogP contribution in [0.25, 0.3) is 22.3 Å². The highest BCUT2D eigenvalue weighted by atomic mass is 16.3. The smallest absolute Gasteiger partial charge is 0.257 e. The predicted octanol–water partition coefficient (Wildman–Crippen LogP) is 4.96. The molecular weight excluding hydrogens is 454 g/mol. The molecule has 3 heterocycles. The maximum atomic E-state index is 13.7. The molecule has 1 fully saturated rings. The Bertz CT molecular complexity index is 1510. The van der Waals surface area contributed by atoms with Crippen molar-refractivity contribution in [1.82, 2.24) is 9.88 Å². The molecule has 7 nitrogen and oxygen atoms in total. The Hall–Kier alpha value is -4.26. The fourth-order valence-corrected chi connectivity index (χ4v) is 4.72. The number of pyridine rings is 1. The molecule has 1 unspecified atom stereocenters. The van der Waals surface area contributed by atoms with E-state index < -0.39 is 0 Å². The van der Waals surface area contributed by atoms with Crippen LogP contribution in [0.3, 0.4) is 0 Å². The van der Waals surface area contributed by atoms with E-state index in [2.05, 4.69) is 10.3 Å². The van der Waals surface area contributed by atoms with Gasteiger partial charge in [0.2, 0.25) is 5.91 Å². The summed E-state index contributed by atoms with van der Waals surface area (Å²) < 4.78 is 6.23. The number of amides is 2. The van der Waals surface area contributed by atoms with Crippen molar-refractivity contribution in [2.45, 2.75) is 26.7 Å². The lowest BCUT2D eigenvalue weighted by Gasteiger charge is -2.32. The molecule has 1 N–H and O–H groups in total. The van der Waals surface area contributed by atoms with Gasteiger partial charge in [0.05, 0.1) is 16.9 Å². The molecule has 1 saturated heterocycles. The van der Waals surface area contributed by atoms with E-state index in [9.17, 15) is 14.4 Å². The van der Waals surface area contributed by atoms with Crippen LogP contribution in [-0.2, 0) is 4.79 Å². The third-order valence-corrected chi connectivity index (χ3v) is 6.74. The second-order valence-corrected chi connectivity index (χ2v) is 9.18. The number of carbonyl (C=O) groups is 2. The molecule has 0 aliphatic carbocycles. The van der Waals surface area contributed by atoms with Crippen LogP contribution in [0.5, 0.6) is 0 Å². The van der Waals surface area contributed by atoms with Crippen molar-refractivity contribution >= 4 is 28.6 Å². The molecule has 182 valence electrons. The molecule has 5 rings (SSSR count). The number of rotatable bonds is 4. The molecule has 4 aromatic rings. The van der Waals surface area contributed by atoms with Crippen LogP contribution in [0, 0.1) is 19.8 Å². The van der Waals surface area contributed by atoms with Crippen LogP contribution in [-0.4, -0.2) is 34.8 Å². The lowest BCUT2D eigenvalue weighted by atomic mass is 9.96. The summed E-state index contributed by atoms with van der Waals surface area (Å²) in [5.41, 5.74) is 2.58. The van der Waals surface area contributed by atoms with Gasteiger partial charge in [0, 0.05) is 30.4 Å². The third kappa shape index (κ3) is 4.40. The fourth-order valence-electron chi connectivity index (χ4n) is 4.72. The first-order chi connectivity index (χ1) is 17.4. The lowest BCUT2D eigenvalue weighted by molar-refractivity contribution is -0.121. The maximum absolute atomic E-state index is 13.7. The molecule has 0 spiro atoms. The average molecular weight is 482 g/mol. The van der Waals surface area contributed by atoms with Gasteiger partial charge < -0.3 is 14.6 Å². The number of anilines is 1. The number of benzene rings is 2. The van der Waals surface area contributed by atoms with Gasteiger partial charge in [-0.25, -0.2) is 4.98 Å². The largest absolute Gasteiger partial charge is 0.455 e. The first kappa shape index (κ1) is 23.5. The van der Waals surface area contributed by atoms with E-state index in [1.54, 1.807) is 36.2 Å². The van der Waals surface area contributed by atoms with E-state index in [1.165, 1.54) is 0 Å². The van der Waals surface area contributed by atoms with Crippen molar-refractivity contribution in [2.24, 2.45) is 5.92 Å². The predicted molar refractivity (Wildman–Crippen MR) is 139 cm³/mol. The van der Waals surface area contributed by atoms with Gasteiger partial charge in [0.15, 0.2) is 11.0 Å². The highest BCUT2D eigenvalue weighted by molar-refractivity contribution is 6.05. The highest BCUT2D eigenvalue weighted by Crippen LogP contribution is 2.29. The summed E-state index contributed by atoms with van der Waals surface area (Å²) >= 11 is 0. The molecule has 1 aliphatic rings. The zero-order chi connectivity index (χ0) is 25.2. The van der Waals surface area contributed by atoms with Crippen LogP contribution >= 0.6 is 0 Å². The molecule has 0 radical (unpaired) electrons. The summed E-state index contributed by atoms with van der Waals surface area (Å²) in [7, 11) is 0. The zero-order valence-corrected chi connectivity index (χ0v) is 20.3. The van der Waals surface area contributed by atoms with E-state index in [1.807, 2.05) is 49.4 Å².